The van der Waals surface area contributed by atoms with E-state index in [1.807, 2.05) is 0 Å². The van der Waals surface area contributed by atoms with Crippen LogP contribution in [0.4, 0.5) is 0 Å². The maximum Gasteiger partial charge on any atom is 0.240 e. The molecule has 2 saturated carbocycles. The summed E-state index contributed by atoms with van der Waals surface area (Å²) in [5.41, 5.74) is 5.53. The van der Waals surface area contributed by atoms with Crippen LogP contribution in [0, 0.1) is 0 Å². The number of hydrogen-bond acceptors (Lipinski definition) is 2. The molecule has 1 amide bonds. The van der Waals surface area contributed by atoms with Gasteiger partial charge in [0.25, 0.3) is 0 Å². The molecule has 0 bridgehead atoms. The van der Waals surface area contributed by atoms with Crippen LogP contribution in [0.1, 0.15) is 51.4 Å². The Balaban J connectivity index is 1.87. The molecule has 2 aliphatic carbocycles. The van der Waals surface area contributed by atoms with Crippen LogP contribution in [0.2, 0.25) is 0 Å². The molecule has 80 valence electrons. The molecule has 0 spiro atoms. The topological polar surface area (TPSA) is 55.1 Å². The maximum atomic E-state index is 11.9. The third-order valence-electron chi connectivity index (χ3n) is 3.64. The Morgan fingerprint density at radius 1 is 1.14 bits per heavy atom. The quantitative estimate of drug-likeness (QED) is 0.699. The highest BCUT2D eigenvalue weighted by Gasteiger charge is 2.37. The van der Waals surface area contributed by atoms with Gasteiger partial charge in [0.1, 0.15) is 0 Å². The van der Waals surface area contributed by atoms with E-state index in [1.54, 1.807) is 0 Å². The Morgan fingerprint density at radius 2 is 1.71 bits per heavy atom. The first-order valence-electron chi connectivity index (χ1n) is 5.81. The molecular formula is C11H20N2O. The summed E-state index contributed by atoms with van der Waals surface area (Å²) in [5, 5.41) is 3.10. The summed E-state index contributed by atoms with van der Waals surface area (Å²) in [5.74, 6) is 0.0990. The van der Waals surface area contributed by atoms with E-state index < -0.39 is 5.54 Å². The average molecular weight is 196 g/mol. The molecule has 2 rings (SSSR count). The molecule has 0 atom stereocenters. The minimum atomic E-state index is -0.539. The lowest BCUT2D eigenvalue weighted by atomic mass is 9.97. The van der Waals surface area contributed by atoms with E-state index in [9.17, 15) is 4.79 Å². The highest BCUT2D eigenvalue weighted by molar-refractivity contribution is 5.86. The van der Waals surface area contributed by atoms with Gasteiger partial charge in [-0.15, -0.1) is 0 Å². The van der Waals surface area contributed by atoms with Crippen LogP contribution in [0.3, 0.4) is 0 Å². The standard InChI is InChI=1S/C11H20N2O/c12-11(7-3-4-8-11)10(14)13-9-5-1-2-6-9/h9H,1-8,12H2,(H,13,14). The van der Waals surface area contributed by atoms with Crippen LogP contribution in [0.5, 0.6) is 0 Å². The molecule has 0 aromatic carbocycles. The van der Waals surface area contributed by atoms with Crippen molar-refractivity contribution in [2.24, 2.45) is 5.73 Å². The number of rotatable bonds is 2. The molecule has 0 aromatic rings. The zero-order chi connectivity index (χ0) is 10.0. The third kappa shape index (κ3) is 1.92. The summed E-state index contributed by atoms with van der Waals surface area (Å²) in [6.07, 6.45) is 8.73. The fraction of sp³-hybridized carbons (Fsp3) is 0.909. The Morgan fingerprint density at radius 3 is 2.29 bits per heavy atom. The molecule has 3 heteroatoms. The molecular weight excluding hydrogens is 176 g/mol. The first kappa shape index (κ1) is 9.97. The van der Waals surface area contributed by atoms with E-state index in [1.165, 1.54) is 12.8 Å². The monoisotopic (exact) mass is 196 g/mol. The predicted octanol–water partition coefficient (Wildman–Crippen LogP) is 1.32. The van der Waals surface area contributed by atoms with Crippen molar-refractivity contribution >= 4 is 5.91 Å². The number of carbonyl (C=O) groups is 1. The van der Waals surface area contributed by atoms with Gasteiger partial charge in [-0.2, -0.15) is 0 Å². The number of hydrogen-bond donors (Lipinski definition) is 2. The van der Waals surface area contributed by atoms with Gasteiger partial charge in [0.05, 0.1) is 5.54 Å². The van der Waals surface area contributed by atoms with E-state index in [2.05, 4.69) is 5.32 Å². The molecule has 3 nitrogen and oxygen atoms in total. The smallest absolute Gasteiger partial charge is 0.240 e. The molecule has 0 aromatic heterocycles. The van der Waals surface area contributed by atoms with Crippen LogP contribution in [0.15, 0.2) is 0 Å². The lowest BCUT2D eigenvalue weighted by Crippen LogP contribution is -2.54. The summed E-state index contributed by atoms with van der Waals surface area (Å²) in [4.78, 5) is 11.9. The zero-order valence-corrected chi connectivity index (χ0v) is 8.72. The lowest BCUT2D eigenvalue weighted by Gasteiger charge is -2.24. The van der Waals surface area contributed by atoms with E-state index >= 15 is 0 Å². The van der Waals surface area contributed by atoms with Gasteiger partial charge in [0.2, 0.25) is 5.91 Å². The van der Waals surface area contributed by atoms with Gasteiger partial charge in [0.15, 0.2) is 0 Å². The van der Waals surface area contributed by atoms with Crippen molar-refractivity contribution in [2.45, 2.75) is 62.9 Å². The molecule has 3 N–H and O–H groups in total. The molecule has 0 saturated heterocycles. The number of nitrogens with two attached hydrogens (primary N) is 1. The normalized spacial score (nSPS) is 26.6. The van der Waals surface area contributed by atoms with Crippen molar-refractivity contribution in [2.75, 3.05) is 0 Å². The highest BCUT2D eigenvalue weighted by Crippen LogP contribution is 2.28. The van der Waals surface area contributed by atoms with Gasteiger partial charge in [-0.05, 0) is 25.7 Å². The number of nitrogens with one attached hydrogen (secondary N) is 1. The number of carbonyl (C=O) groups excluding carboxylic acids is 1. The minimum Gasteiger partial charge on any atom is -0.352 e. The Bertz CT molecular complexity index is 215. The van der Waals surface area contributed by atoms with Crippen molar-refractivity contribution in [3.63, 3.8) is 0 Å². The lowest BCUT2D eigenvalue weighted by molar-refractivity contribution is -0.126. The SMILES string of the molecule is NC1(C(=O)NC2CCCC2)CCCC1. The van der Waals surface area contributed by atoms with Gasteiger partial charge < -0.3 is 11.1 Å². The van der Waals surface area contributed by atoms with Crippen molar-refractivity contribution < 1.29 is 4.79 Å². The van der Waals surface area contributed by atoms with Gasteiger partial charge in [-0.25, -0.2) is 0 Å². The summed E-state index contributed by atoms with van der Waals surface area (Å²) >= 11 is 0. The van der Waals surface area contributed by atoms with Gasteiger partial charge in [0, 0.05) is 6.04 Å². The molecule has 14 heavy (non-hydrogen) atoms. The van der Waals surface area contributed by atoms with E-state index in [4.69, 9.17) is 5.73 Å². The Hall–Kier alpha value is -0.570. The fourth-order valence-corrected chi connectivity index (χ4v) is 2.63. The van der Waals surface area contributed by atoms with Crippen LogP contribution >= 0.6 is 0 Å². The van der Waals surface area contributed by atoms with Crippen LogP contribution in [-0.4, -0.2) is 17.5 Å². The minimum absolute atomic E-state index is 0.0990. The highest BCUT2D eigenvalue weighted by atomic mass is 16.2. The summed E-state index contributed by atoms with van der Waals surface area (Å²) in [6.45, 7) is 0. The average Bonchev–Trinajstić information content (AvgIpc) is 2.76. The maximum absolute atomic E-state index is 11.9. The van der Waals surface area contributed by atoms with Crippen molar-refractivity contribution in [3.05, 3.63) is 0 Å². The molecule has 2 aliphatic rings. The molecule has 0 radical (unpaired) electrons. The fourth-order valence-electron chi connectivity index (χ4n) is 2.63. The second kappa shape index (κ2) is 3.89. The van der Waals surface area contributed by atoms with Gasteiger partial charge >= 0.3 is 0 Å². The van der Waals surface area contributed by atoms with E-state index in [0.717, 1.165) is 38.5 Å². The summed E-state index contributed by atoms with van der Waals surface area (Å²) in [7, 11) is 0. The van der Waals surface area contributed by atoms with Crippen LogP contribution in [0.25, 0.3) is 0 Å². The van der Waals surface area contributed by atoms with Gasteiger partial charge in [-0.3, -0.25) is 4.79 Å². The summed E-state index contributed by atoms with van der Waals surface area (Å²) in [6, 6.07) is 0.406. The molecule has 0 aliphatic heterocycles. The second-order valence-corrected chi connectivity index (χ2v) is 4.82. The largest absolute Gasteiger partial charge is 0.352 e. The predicted molar refractivity (Wildman–Crippen MR) is 55.8 cm³/mol. The first-order valence-corrected chi connectivity index (χ1v) is 5.81. The molecule has 0 unspecified atom stereocenters. The first-order chi connectivity index (χ1) is 6.71. The van der Waals surface area contributed by atoms with Crippen molar-refractivity contribution in [3.8, 4) is 0 Å². The third-order valence-corrected chi connectivity index (χ3v) is 3.64. The number of amides is 1. The van der Waals surface area contributed by atoms with Gasteiger partial charge in [-0.1, -0.05) is 25.7 Å². The molecule has 2 fully saturated rings. The van der Waals surface area contributed by atoms with E-state index in [0.29, 0.717) is 6.04 Å². The Labute approximate surface area is 85.4 Å². The zero-order valence-electron chi connectivity index (χ0n) is 8.72. The summed E-state index contributed by atoms with van der Waals surface area (Å²) < 4.78 is 0. The van der Waals surface area contributed by atoms with E-state index in [-0.39, 0.29) is 5.91 Å². The van der Waals surface area contributed by atoms with Crippen LogP contribution < -0.4 is 11.1 Å². The van der Waals surface area contributed by atoms with Crippen molar-refractivity contribution in [1.29, 1.82) is 0 Å². The van der Waals surface area contributed by atoms with Crippen LogP contribution in [-0.2, 0) is 4.79 Å². The Kier molecular flexibility index (Phi) is 2.77. The molecule has 0 heterocycles. The second-order valence-electron chi connectivity index (χ2n) is 4.82. The van der Waals surface area contributed by atoms with Crippen molar-refractivity contribution in [1.82, 2.24) is 5.32 Å².